The van der Waals surface area contributed by atoms with Crippen LogP contribution in [-0.4, -0.2) is 25.6 Å². The van der Waals surface area contributed by atoms with Crippen LogP contribution in [0.1, 0.15) is 38.8 Å². The van der Waals surface area contributed by atoms with Crippen LogP contribution >= 0.6 is 11.3 Å². The Morgan fingerprint density at radius 1 is 1.03 bits per heavy atom. The minimum atomic E-state index is -4.62. The number of benzene rings is 2. The van der Waals surface area contributed by atoms with Gasteiger partial charge in [0.25, 0.3) is 11.5 Å². The molecule has 0 radical (unpaired) electrons. The van der Waals surface area contributed by atoms with Gasteiger partial charge in [-0.1, -0.05) is 24.3 Å². The highest BCUT2D eigenvalue weighted by atomic mass is 32.2. The van der Waals surface area contributed by atoms with Crippen LogP contribution in [0.2, 0.25) is 0 Å². The molecule has 37 heavy (non-hydrogen) atoms. The standard InChI is InChI=1S/C26H21F3N2O4S2/c1-15-21(18-10-11-36-14-18)13-22(24(32)30-15)25(33)31-23(16-6-8-20(9-7-16)37(2,34)35)17-4-3-5-19(12-17)26(27,28)29/h3-14,23H,1-2H3,(H,30,32)(H,31,33). The Bertz CT molecular complexity index is 1610. The third-order valence-electron chi connectivity index (χ3n) is 5.78. The largest absolute Gasteiger partial charge is 0.416 e. The molecule has 1 amide bonds. The van der Waals surface area contributed by atoms with E-state index in [0.717, 1.165) is 24.0 Å². The molecule has 6 nitrogen and oxygen atoms in total. The Morgan fingerprint density at radius 3 is 2.32 bits per heavy atom. The van der Waals surface area contributed by atoms with Crippen LogP contribution in [0.4, 0.5) is 13.2 Å². The van der Waals surface area contributed by atoms with Gasteiger partial charge in [-0.25, -0.2) is 8.42 Å². The first-order valence-electron chi connectivity index (χ1n) is 10.9. The van der Waals surface area contributed by atoms with Crippen LogP contribution in [-0.2, 0) is 16.0 Å². The maximum Gasteiger partial charge on any atom is 0.416 e. The van der Waals surface area contributed by atoms with E-state index < -0.39 is 39.1 Å². The molecule has 0 aliphatic heterocycles. The third-order valence-corrected chi connectivity index (χ3v) is 7.59. The fraction of sp³-hybridized carbons (Fsp3) is 0.154. The number of carbonyl (C=O) groups excluding carboxylic acids is 1. The molecule has 4 aromatic rings. The molecule has 2 aromatic carbocycles. The molecule has 11 heteroatoms. The van der Waals surface area contributed by atoms with Gasteiger partial charge in [-0.2, -0.15) is 24.5 Å². The van der Waals surface area contributed by atoms with Gasteiger partial charge in [0.2, 0.25) is 0 Å². The number of pyridine rings is 1. The van der Waals surface area contributed by atoms with Gasteiger partial charge in [0.05, 0.1) is 16.5 Å². The molecule has 0 fully saturated rings. The highest BCUT2D eigenvalue weighted by Gasteiger charge is 2.31. The van der Waals surface area contributed by atoms with Crippen molar-refractivity contribution in [2.24, 2.45) is 0 Å². The number of aryl methyl sites for hydroxylation is 1. The second-order valence-electron chi connectivity index (χ2n) is 8.43. The number of carbonyl (C=O) groups is 1. The van der Waals surface area contributed by atoms with Gasteiger partial charge >= 0.3 is 6.18 Å². The fourth-order valence-electron chi connectivity index (χ4n) is 3.88. The van der Waals surface area contributed by atoms with Crippen molar-refractivity contribution >= 4 is 27.1 Å². The van der Waals surface area contributed by atoms with Gasteiger partial charge in [0, 0.05) is 17.5 Å². The van der Waals surface area contributed by atoms with Gasteiger partial charge in [-0.05, 0) is 70.8 Å². The number of hydrogen-bond donors (Lipinski definition) is 2. The summed E-state index contributed by atoms with van der Waals surface area (Å²) in [5, 5.41) is 6.37. The SMILES string of the molecule is Cc1[nH]c(=O)c(C(=O)NC(c2ccc(S(C)(=O)=O)cc2)c2cccc(C(F)(F)F)c2)cc1-c1ccsc1. The number of nitrogens with one attached hydrogen (secondary N) is 2. The van der Waals surface area contributed by atoms with Gasteiger partial charge in [-0.3, -0.25) is 9.59 Å². The summed E-state index contributed by atoms with van der Waals surface area (Å²) in [6.45, 7) is 1.70. The van der Waals surface area contributed by atoms with E-state index in [0.29, 0.717) is 16.8 Å². The minimum Gasteiger partial charge on any atom is -0.341 e. The van der Waals surface area contributed by atoms with Gasteiger partial charge in [0.1, 0.15) is 5.56 Å². The van der Waals surface area contributed by atoms with E-state index in [1.165, 1.54) is 53.8 Å². The molecule has 2 N–H and O–H groups in total. The maximum absolute atomic E-state index is 13.4. The lowest BCUT2D eigenvalue weighted by molar-refractivity contribution is -0.137. The normalized spacial score (nSPS) is 12.8. The summed E-state index contributed by atoms with van der Waals surface area (Å²) < 4.78 is 64.0. The lowest BCUT2D eigenvalue weighted by Crippen LogP contribution is -2.33. The fourth-order valence-corrected chi connectivity index (χ4v) is 5.17. The summed E-state index contributed by atoms with van der Waals surface area (Å²) in [6, 6.07) is 12.1. The number of sulfone groups is 1. The lowest BCUT2D eigenvalue weighted by Gasteiger charge is -2.21. The summed E-state index contributed by atoms with van der Waals surface area (Å²) in [5.74, 6) is -0.799. The molecule has 0 aliphatic rings. The molecule has 2 aromatic heterocycles. The maximum atomic E-state index is 13.4. The number of alkyl halides is 3. The van der Waals surface area contributed by atoms with E-state index in [2.05, 4.69) is 10.3 Å². The first kappa shape index (κ1) is 26.4. The first-order valence-corrected chi connectivity index (χ1v) is 13.7. The Morgan fingerprint density at radius 2 is 1.73 bits per heavy atom. The number of aromatic nitrogens is 1. The second-order valence-corrected chi connectivity index (χ2v) is 11.2. The van der Waals surface area contributed by atoms with Crippen molar-refractivity contribution in [3.63, 3.8) is 0 Å². The van der Waals surface area contributed by atoms with Crippen LogP contribution in [0.15, 0.2) is 81.1 Å². The van der Waals surface area contributed by atoms with Crippen LogP contribution in [0.5, 0.6) is 0 Å². The Kier molecular flexibility index (Phi) is 7.11. The third kappa shape index (κ3) is 5.83. The van der Waals surface area contributed by atoms with Gasteiger partial charge in [-0.15, -0.1) is 0 Å². The van der Waals surface area contributed by atoms with E-state index in [4.69, 9.17) is 0 Å². The van der Waals surface area contributed by atoms with E-state index in [9.17, 15) is 31.2 Å². The number of hydrogen-bond acceptors (Lipinski definition) is 5. The number of thiophene rings is 1. The first-order chi connectivity index (χ1) is 17.3. The number of aromatic amines is 1. The number of amides is 1. The molecular formula is C26H21F3N2O4S2. The van der Waals surface area contributed by atoms with Crippen molar-refractivity contribution in [2.75, 3.05) is 6.26 Å². The molecule has 0 saturated carbocycles. The van der Waals surface area contributed by atoms with Crippen LogP contribution in [0, 0.1) is 6.92 Å². The zero-order valence-corrected chi connectivity index (χ0v) is 21.2. The Labute approximate surface area is 214 Å². The van der Waals surface area contributed by atoms with E-state index in [-0.39, 0.29) is 16.0 Å². The zero-order chi connectivity index (χ0) is 27.0. The topological polar surface area (TPSA) is 96.1 Å². The zero-order valence-electron chi connectivity index (χ0n) is 19.6. The summed E-state index contributed by atoms with van der Waals surface area (Å²) in [4.78, 5) is 28.7. The van der Waals surface area contributed by atoms with Crippen molar-refractivity contribution in [3.8, 4) is 11.1 Å². The highest BCUT2D eigenvalue weighted by Crippen LogP contribution is 2.33. The summed E-state index contributed by atoms with van der Waals surface area (Å²) in [6.07, 6.45) is -3.59. The van der Waals surface area contributed by atoms with E-state index in [1.54, 1.807) is 6.92 Å². The molecule has 2 heterocycles. The number of halogens is 3. The molecule has 1 atom stereocenters. The smallest absolute Gasteiger partial charge is 0.341 e. The van der Waals surface area contributed by atoms with Crippen molar-refractivity contribution in [1.29, 1.82) is 0 Å². The average molecular weight is 547 g/mol. The summed E-state index contributed by atoms with van der Waals surface area (Å²) in [5.41, 5.74) is 0.674. The average Bonchev–Trinajstić information content (AvgIpc) is 3.36. The molecule has 0 spiro atoms. The highest BCUT2D eigenvalue weighted by molar-refractivity contribution is 7.90. The monoisotopic (exact) mass is 546 g/mol. The van der Waals surface area contributed by atoms with Crippen molar-refractivity contribution in [2.45, 2.75) is 24.0 Å². The minimum absolute atomic E-state index is 0.0146. The quantitative estimate of drug-likeness (QED) is 0.341. The summed E-state index contributed by atoms with van der Waals surface area (Å²) >= 11 is 1.45. The Hall–Kier alpha value is -3.70. The van der Waals surface area contributed by atoms with E-state index in [1.807, 2.05) is 16.8 Å². The predicted molar refractivity (Wildman–Crippen MR) is 135 cm³/mol. The van der Waals surface area contributed by atoms with E-state index >= 15 is 0 Å². The molecule has 0 aliphatic carbocycles. The van der Waals surface area contributed by atoms with Crippen LogP contribution in [0.3, 0.4) is 0 Å². The molecule has 192 valence electrons. The molecule has 1 unspecified atom stereocenters. The van der Waals surface area contributed by atoms with Crippen molar-refractivity contribution in [3.05, 3.63) is 110 Å². The number of rotatable bonds is 6. The molecule has 4 rings (SSSR count). The second kappa shape index (κ2) is 9.98. The van der Waals surface area contributed by atoms with Gasteiger partial charge in [0.15, 0.2) is 9.84 Å². The predicted octanol–water partition coefficient (Wildman–Crippen LogP) is 5.35. The van der Waals surface area contributed by atoms with Crippen molar-refractivity contribution < 1.29 is 26.4 Å². The molecule has 0 bridgehead atoms. The lowest BCUT2D eigenvalue weighted by atomic mass is 9.96. The van der Waals surface area contributed by atoms with Gasteiger partial charge < -0.3 is 10.3 Å². The van der Waals surface area contributed by atoms with Crippen LogP contribution < -0.4 is 10.9 Å². The van der Waals surface area contributed by atoms with Crippen LogP contribution in [0.25, 0.3) is 11.1 Å². The summed E-state index contributed by atoms with van der Waals surface area (Å²) in [7, 11) is -3.52. The van der Waals surface area contributed by atoms with Crippen molar-refractivity contribution in [1.82, 2.24) is 10.3 Å². The molecule has 0 saturated heterocycles. The Balaban J connectivity index is 1.78. The number of H-pyrrole nitrogens is 1. The molecular weight excluding hydrogens is 525 g/mol.